The van der Waals surface area contributed by atoms with Crippen LogP contribution in [0, 0.1) is 0 Å². The van der Waals surface area contributed by atoms with Crippen molar-refractivity contribution < 1.29 is 18.3 Å². The summed E-state index contributed by atoms with van der Waals surface area (Å²) in [7, 11) is 0. The maximum absolute atomic E-state index is 12.7. The molecule has 0 heterocycles. The van der Waals surface area contributed by atoms with Gasteiger partial charge in [0.2, 0.25) is 0 Å². The van der Waals surface area contributed by atoms with E-state index in [1.54, 1.807) is 13.0 Å². The molecule has 0 amide bonds. The molecule has 17 heavy (non-hydrogen) atoms. The van der Waals surface area contributed by atoms with Gasteiger partial charge in [-0.2, -0.15) is 13.2 Å². The van der Waals surface area contributed by atoms with Crippen molar-refractivity contribution in [3.63, 3.8) is 0 Å². The molecule has 1 aromatic rings. The standard InChI is InChI=1S/C12H16F3NO/c1-9(5-4-8-17)16-11-7-3-2-6-10(11)12(13,14)15/h2-3,6-7,9,16-17H,4-5,8H2,1H3. The molecule has 2 nitrogen and oxygen atoms in total. The summed E-state index contributed by atoms with van der Waals surface area (Å²) in [6.07, 6.45) is -3.15. The molecule has 0 radical (unpaired) electrons. The van der Waals surface area contributed by atoms with E-state index in [1.807, 2.05) is 0 Å². The lowest BCUT2D eigenvalue weighted by molar-refractivity contribution is -0.137. The Morgan fingerprint density at radius 1 is 1.29 bits per heavy atom. The minimum Gasteiger partial charge on any atom is -0.396 e. The van der Waals surface area contributed by atoms with Gasteiger partial charge in [0.05, 0.1) is 5.56 Å². The highest BCUT2D eigenvalue weighted by Crippen LogP contribution is 2.34. The van der Waals surface area contributed by atoms with E-state index in [4.69, 9.17) is 5.11 Å². The number of aliphatic hydroxyl groups is 1. The zero-order valence-corrected chi connectivity index (χ0v) is 9.59. The van der Waals surface area contributed by atoms with Crippen LogP contribution in [0.15, 0.2) is 24.3 Å². The molecule has 1 unspecified atom stereocenters. The topological polar surface area (TPSA) is 32.3 Å². The lowest BCUT2D eigenvalue weighted by atomic mass is 10.1. The van der Waals surface area contributed by atoms with Crippen LogP contribution >= 0.6 is 0 Å². The maximum atomic E-state index is 12.7. The highest BCUT2D eigenvalue weighted by molar-refractivity contribution is 5.53. The fraction of sp³-hybridized carbons (Fsp3) is 0.500. The summed E-state index contributed by atoms with van der Waals surface area (Å²) >= 11 is 0. The van der Waals surface area contributed by atoms with Gasteiger partial charge in [0.15, 0.2) is 0 Å². The molecular formula is C12H16F3NO. The average Bonchev–Trinajstić information content (AvgIpc) is 2.25. The van der Waals surface area contributed by atoms with Crippen LogP contribution in [-0.4, -0.2) is 17.8 Å². The van der Waals surface area contributed by atoms with Crippen molar-refractivity contribution in [3.05, 3.63) is 29.8 Å². The largest absolute Gasteiger partial charge is 0.418 e. The molecule has 0 fully saturated rings. The lowest BCUT2D eigenvalue weighted by Gasteiger charge is -2.19. The van der Waals surface area contributed by atoms with Gasteiger partial charge in [0.1, 0.15) is 0 Å². The number of hydrogen-bond acceptors (Lipinski definition) is 2. The highest BCUT2D eigenvalue weighted by Gasteiger charge is 2.33. The monoisotopic (exact) mass is 247 g/mol. The smallest absolute Gasteiger partial charge is 0.396 e. The molecule has 5 heteroatoms. The number of aliphatic hydroxyl groups excluding tert-OH is 1. The van der Waals surface area contributed by atoms with Gasteiger partial charge < -0.3 is 10.4 Å². The van der Waals surface area contributed by atoms with Crippen LogP contribution in [0.4, 0.5) is 18.9 Å². The third-order valence-electron chi connectivity index (χ3n) is 2.43. The Hall–Kier alpha value is -1.23. The summed E-state index contributed by atoms with van der Waals surface area (Å²) in [6.45, 7) is 1.84. The van der Waals surface area contributed by atoms with E-state index in [0.717, 1.165) is 6.07 Å². The maximum Gasteiger partial charge on any atom is 0.418 e. The molecule has 0 aliphatic heterocycles. The third-order valence-corrected chi connectivity index (χ3v) is 2.43. The van der Waals surface area contributed by atoms with Crippen molar-refractivity contribution in [2.45, 2.75) is 32.0 Å². The van der Waals surface area contributed by atoms with Gasteiger partial charge in [-0.25, -0.2) is 0 Å². The van der Waals surface area contributed by atoms with Gasteiger partial charge in [-0.15, -0.1) is 0 Å². The van der Waals surface area contributed by atoms with Crippen molar-refractivity contribution >= 4 is 5.69 Å². The molecular weight excluding hydrogens is 231 g/mol. The second-order valence-electron chi connectivity index (χ2n) is 3.95. The Morgan fingerprint density at radius 2 is 1.94 bits per heavy atom. The van der Waals surface area contributed by atoms with E-state index in [0.29, 0.717) is 12.8 Å². The van der Waals surface area contributed by atoms with Gasteiger partial charge in [0, 0.05) is 18.3 Å². The molecule has 0 saturated heterocycles. The van der Waals surface area contributed by atoms with E-state index >= 15 is 0 Å². The Labute approximate surface area is 98.5 Å². The molecule has 96 valence electrons. The number of anilines is 1. The zero-order chi connectivity index (χ0) is 12.9. The SMILES string of the molecule is CC(CCCO)Nc1ccccc1C(F)(F)F. The quantitative estimate of drug-likeness (QED) is 0.836. The van der Waals surface area contributed by atoms with E-state index in [-0.39, 0.29) is 18.3 Å². The van der Waals surface area contributed by atoms with Crippen LogP contribution < -0.4 is 5.32 Å². The number of hydrogen-bond donors (Lipinski definition) is 2. The number of benzene rings is 1. The molecule has 1 rings (SSSR count). The molecule has 1 aromatic carbocycles. The fourth-order valence-corrected chi connectivity index (χ4v) is 1.59. The first-order chi connectivity index (χ1) is 7.95. The number of para-hydroxylation sites is 1. The normalized spacial score (nSPS) is 13.5. The van der Waals surface area contributed by atoms with Crippen LogP contribution in [0.2, 0.25) is 0 Å². The van der Waals surface area contributed by atoms with Crippen LogP contribution in [0.5, 0.6) is 0 Å². The minimum absolute atomic E-state index is 0.0485. The lowest BCUT2D eigenvalue weighted by Crippen LogP contribution is -2.19. The van der Waals surface area contributed by atoms with Gasteiger partial charge >= 0.3 is 6.18 Å². The van der Waals surface area contributed by atoms with Gasteiger partial charge in [-0.05, 0) is 31.9 Å². The zero-order valence-electron chi connectivity index (χ0n) is 9.59. The molecule has 0 bridgehead atoms. The van der Waals surface area contributed by atoms with Crippen molar-refractivity contribution in [2.75, 3.05) is 11.9 Å². The second-order valence-corrected chi connectivity index (χ2v) is 3.95. The Balaban J connectivity index is 2.77. The molecule has 0 aromatic heterocycles. The Morgan fingerprint density at radius 3 is 2.53 bits per heavy atom. The van der Waals surface area contributed by atoms with Crippen molar-refractivity contribution in [1.82, 2.24) is 0 Å². The van der Waals surface area contributed by atoms with E-state index in [2.05, 4.69) is 5.32 Å². The van der Waals surface area contributed by atoms with Crippen LogP contribution in [0.1, 0.15) is 25.3 Å². The van der Waals surface area contributed by atoms with Gasteiger partial charge in [-0.3, -0.25) is 0 Å². The molecule has 0 aliphatic rings. The molecule has 2 N–H and O–H groups in total. The second kappa shape index (κ2) is 5.91. The van der Waals surface area contributed by atoms with Crippen molar-refractivity contribution in [1.29, 1.82) is 0 Å². The van der Waals surface area contributed by atoms with E-state index in [1.165, 1.54) is 12.1 Å². The summed E-state index contributed by atoms with van der Waals surface area (Å²) < 4.78 is 38.0. The fourth-order valence-electron chi connectivity index (χ4n) is 1.59. The summed E-state index contributed by atoms with van der Waals surface area (Å²) in [6, 6.07) is 5.30. The number of rotatable bonds is 5. The first kappa shape index (κ1) is 13.8. The van der Waals surface area contributed by atoms with Crippen molar-refractivity contribution in [3.8, 4) is 0 Å². The van der Waals surface area contributed by atoms with E-state index < -0.39 is 11.7 Å². The Bertz CT molecular complexity index is 352. The van der Waals surface area contributed by atoms with Gasteiger partial charge in [0.25, 0.3) is 0 Å². The van der Waals surface area contributed by atoms with Crippen molar-refractivity contribution in [2.24, 2.45) is 0 Å². The minimum atomic E-state index is -4.35. The molecule has 0 spiro atoms. The van der Waals surface area contributed by atoms with Crippen LogP contribution in [0.25, 0.3) is 0 Å². The molecule has 1 atom stereocenters. The van der Waals surface area contributed by atoms with Crippen LogP contribution in [-0.2, 0) is 6.18 Å². The summed E-state index contributed by atoms with van der Waals surface area (Å²) in [4.78, 5) is 0. The number of nitrogens with one attached hydrogen (secondary N) is 1. The summed E-state index contributed by atoms with van der Waals surface area (Å²) in [5, 5.41) is 11.5. The average molecular weight is 247 g/mol. The first-order valence-electron chi connectivity index (χ1n) is 5.48. The van der Waals surface area contributed by atoms with E-state index in [9.17, 15) is 13.2 Å². The molecule has 0 saturated carbocycles. The van der Waals surface area contributed by atoms with Gasteiger partial charge in [-0.1, -0.05) is 12.1 Å². The predicted molar refractivity (Wildman–Crippen MR) is 60.8 cm³/mol. The summed E-state index contributed by atoms with van der Waals surface area (Å²) in [5.74, 6) is 0. The number of halogens is 3. The number of alkyl halides is 3. The van der Waals surface area contributed by atoms with Crippen LogP contribution in [0.3, 0.4) is 0 Å². The first-order valence-corrected chi connectivity index (χ1v) is 5.48. The highest BCUT2D eigenvalue weighted by atomic mass is 19.4. The Kier molecular flexibility index (Phi) is 4.81. The molecule has 0 aliphatic carbocycles. The predicted octanol–water partition coefficient (Wildman–Crippen LogP) is 3.28. The summed E-state index contributed by atoms with van der Waals surface area (Å²) in [5.41, 5.74) is -0.568. The third kappa shape index (κ3) is 4.26.